The second-order valence-corrected chi connectivity index (χ2v) is 6.32. The van der Waals surface area contributed by atoms with Gasteiger partial charge < -0.3 is 10.6 Å². The van der Waals surface area contributed by atoms with Crippen LogP contribution in [0, 0.1) is 6.92 Å². The molecule has 3 rings (SSSR count). The first-order chi connectivity index (χ1) is 10.2. The first-order valence-corrected chi connectivity index (χ1v) is 8.00. The van der Waals surface area contributed by atoms with Crippen molar-refractivity contribution in [1.82, 2.24) is 19.7 Å². The maximum absolute atomic E-state index is 12.5. The van der Waals surface area contributed by atoms with E-state index in [1.807, 2.05) is 28.9 Å². The molecule has 1 aliphatic rings. The number of carbonyl (C=O) groups is 1. The molecule has 1 aliphatic heterocycles. The number of hydrogen-bond acceptors (Lipinski definition) is 5. The summed E-state index contributed by atoms with van der Waals surface area (Å²) in [5, 5.41) is 6.97. The van der Waals surface area contributed by atoms with Crippen LogP contribution >= 0.6 is 36.2 Å². The van der Waals surface area contributed by atoms with Gasteiger partial charge in [-0.3, -0.25) is 9.48 Å². The van der Waals surface area contributed by atoms with Crippen LogP contribution in [0.4, 0.5) is 0 Å². The smallest absolute Gasteiger partial charge is 0.273 e. The van der Waals surface area contributed by atoms with Crippen LogP contribution in [0.15, 0.2) is 17.8 Å². The molecule has 1 saturated heterocycles. The van der Waals surface area contributed by atoms with Crippen LogP contribution in [-0.2, 0) is 6.54 Å². The Morgan fingerprint density at radius 3 is 2.87 bits per heavy atom. The number of aryl methyl sites for hydroxylation is 1. The quantitative estimate of drug-likeness (QED) is 0.890. The standard InChI is InChI=1S/C14H19N5OS.2ClH/c1-10-6-16-19(7-10)11-3-2-4-18(8-11)14(20)12-9-21-13(5-15)17-12;;/h6-7,9,11H,2-5,8,15H2,1H3;2*1H. The minimum absolute atomic E-state index is 0. The van der Waals surface area contributed by atoms with Gasteiger partial charge in [0, 0.05) is 31.2 Å². The normalized spacial score (nSPS) is 17.3. The van der Waals surface area contributed by atoms with Crippen molar-refractivity contribution in [1.29, 1.82) is 0 Å². The number of halogens is 2. The Morgan fingerprint density at radius 2 is 2.26 bits per heavy atom. The molecular weight excluding hydrogens is 357 g/mol. The molecule has 0 bridgehead atoms. The summed E-state index contributed by atoms with van der Waals surface area (Å²) in [5.41, 5.74) is 7.21. The highest BCUT2D eigenvalue weighted by atomic mass is 35.5. The van der Waals surface area contributed by atoms with E-state index in [0.29, 0.717) is 18.8 Å². The number of likely N-dealkylation sites (tertiary alicyclic amines) is 1. The molecule has 1 unspecified atom stereocenters. The molecule has 9 heteroatoms. The van der Waals surface area contributed by atoms with Crippen LogP contribution in [0.5, 0.6) is 0 Å². The summed E-state index contributed by atoms with van der Waals surface area (Å²) in [7, 11) is 0. The fourth-order valence-electron chi connectivity index (χ4n) is 2.65. The minimum Gasteiger partial charge on any atom is -0.335 e. The summed E-state index contributed by atoms with van der Waals surface area (Å²) >= 11 is 1.44. The van der Waals surface area contributed by atoms with Gasteiger partial charge in [-0.05, 0) is 25.3 Å². The molecular formula is C14H21Cl2N5OS. The molecule has 0 spiro atoms. The third-order valence-corrected chi connectivity index (χ3v) is 4.61. The Labute approximate surface area is 151 Å². The van der Waals surface area contributed by atoms with E-state index in [2.05, 4.69) is 10.1 Å². The van der Waals surface area contributed by atoms with Crippen molar-refractivity contribution in [2.45, 2.75) is 32.4 Å². The van der Waals surface area contributed by atoms with E-state index in [-0.39, 0.29) is 36.8 Å². The maximum Gasteiger partial charge on any atom is 0.273 e. The third-order valence-electron chi connectivity index (χ3n) is 3.73. The van der Waals surface area contributed by atoms with Gasteiger partial charge in [0.05, 0.1) is 12.2 Å². The molecule has 2 aromatic heterocycles. The summed E-state index contributed by atoms with van der Waals surface area (Å²) in [5.74, 6) is -0.000437. The average molecular weight is 378 g/mol. The Morgan fingerprint density at radius 1 is 1.48 bits per heavy atom. The van der Waals surface area contributed by atoms with Gasteiger partial charge in [0.25, 0.3) is 5.91 Å². The van der Waals surface area contributed by atoms with Gasteiger partial charge in [-0.1, -0.05) is 0 Å². The molecule has 0 aromatic carbocycles. The van der Waals surface area contributed by atoms with Gasteiger partial charge in [0.15, 0.2) is 0 Å². The Kier molecular flexibility index (Phi) is 7.47. The van der Waals surface area contributed by atoms with E-state index in [0.717, 1.165) is 30.0 Å². The number of thiazole rings is 1. The van der Waals surface area contributed by atoms with Gasteiger partial charge in [-0.2, -0.15) is 5.10 Å². The number of hydrogen-bond donors (Lipinski definition) is 1. The largest absolute Gasteiger partial charge is 0.335 e. The predicted molar refractivity (Wildman–Crippen MR) is 95.6 cm³/mol. The number of carbonyl (C=O) groups excluding carboxylic acids is 1. The number of piperidine rings is 1. The van der Waals surface area contributed by atoms with E-state index in [1.165, 1.54) is 11.3 Å². The summed E-state index contributed by atoms with van der Waals surface area (Å²) in [4.78, 5) is 18.7. The fraction of sp³-hybridized carbons (Fsp3) is 0.500. The van der Waals surface area contributed by atoms with Crippen LogP contribution in [-0.4, -0.2) is 38.7 Å². The Bertz CT molecular complexity index is 645. The maximum atomic E-state index is 12.5. The molecule has 3 heterocycles. The highest BCUT2D eigenvalue weighted by molar-refractivity contribution is 7.09. The second kappa shape index (κ2) is 8.63. The minimum atomic E-state index is -0.000437. The fourth-order valence-corrected chi connectivity index (χ4v) is 3.30. The molecule has 0 radical (unpaired) electrons. The molecule has 0 saturated carbocycles. The molecule has 1 fully saturated rings. The van der Waals surface area contributed by atoms with Crippen molar-refractivity contribution in [2.75, 3.05) is 13.1 Å². The van der Waals surface area contributed by atoms with Gasteiger partial charge in [0.2, 0.25) is 0 Å². The number of nitrogens with zero attached hydrogens (tertiary/aromatic N) is 4. The van der Waals surface area contributed by atoms with E-state index in [4.69, 9.17) is 5.73 Å². The van der Waals surface area contributed by atoms with E-state index in [1.54, 1.807) is 5.38 Å². The van der Waals surface area contributed by atoms with Crippen LogP contribution in [0.25, 0.3) is 0 Å². The van der Waals surface area contributed by atoms with Crippen molar-refractivity contribution >= 4 is 42.1 Å². The zero-order valence-electron chi connectivity index (χ0n) is 12.8. The zero-order valence-corrected chi connectivity index (χ0v) is 15.3. The van der Waals surface area contributed by atoms with Crippen LogP contribution in [0.2, 0.25) is 0 Å². The van der Waals surface area contributed by atoms with E-state index >= 15 is 0 Å². The van der Waals surface area contributed by atoms with Crippen LogP contribution in [0.1, 0.15) is 39.9 Å². The van der Waals surface area contributed by atoms with Gasteiger partial charge in [-0.25, -0.2) is 4.98 Å². The van der Waals surface area contributed by atoms with Gasteiger partial charge >= 0.3 is 0 Å². The first-order valence-electron chi connectivity index (χ1n) is 7.12. The number of nitrogens with two attached hydrogens (primary N) is 1. The van der Waals surface area contributed by atoms with Gasteiger partial charge in [-0.15, -0.1) is 36.2 Å². The van der Waals surface area contributed by atoms with Crippen LogP contribution in [0.3, 0.4) is 0 Å². The lowest BCUT2D eigenvalue weighted by Gasteiger charge is -2.32. The molecule has 2 N–H and O–H groups in total. The number of amides is 1. The zero-order chi connectivity index (χ0) is 14.8. The highest BCUT2D eigenvalue weighted by Crippen LogP contribution is 2.23. The summed E-state index contributed by atoms with van der Waals surface area (Å²) in [6, 6.07) is 0.254. The lowest BCUT2D eigenvalue weighted by atomic mass is 10.1. The van der Waals surface area contributed by atoms with Gasteiger partial charge in [0.1, 0.15) is 10.7 Å². The molecule has 6 nitrogen and oxygen atoms in total. The lowest BCUT2D eigenvalue weighted by Crippen LogP contribution is -2.41. The lowest BCUT2D eigenvalue weighted by molar-refractivity contribution is 0.0667. The molecule has 23 heavy (non-hydrogen) atoms. The second-order valence-electron chi connectivity index (χ2n) is 5.38. The highest BCUT2D eigenvalue weighted by Gasteiger charge is 2.27. The Hall–Kier alpha value is -1.15. The summed E-state index contributed by atoms with van der Waals surface area (Å²) in [6.45, 7) is 3.88. The number of aromatic nitrogens is 3. The average Bonchev–Trinajstić information content (AvgIpc) is 3.15. The van der Waals surface area contributed by atoms with Crippen molar-refractivity contribution in [3.8, 4) is 0 Å². The van der Waals surface area contributed by atoms with Crippen molar-refractivity contribution < 1.29 is 4.79 Å². The molecule has 0 aliphatic carbocycles. The van der Waals surface area contributed by atoms with E-state index in [9.17, 15) is 4.79 Å². The number of rotatable bonds is 3. The molecule has 128 valence electrons. The molecule has 1 atom stereocenters. The summed E-state index contributed by atoms with van der Waals surface area (Å²) in [6.07, 6.45) is 5.93. The molecule has 1 amide bonds. The predicted octanol–water partition coefficient (Wildman–Crippen LogP) is 2.43. The third kappa shape index (κ3) is 4.44. The molecule has 2 aromatic rings. The summed E-state index contributed by atoms with van der Waals surface area (Å²) < 4.78 is 1.97. The topological polar surface area (TPSA) is 77.0 Å². The van der Waals surface area contributed by atoms with Crippen molar-refractivity contribution in [3.63, 3.8) is 0 Å². The SMILES string of the molecule is Cc1cnn(C2CCCN(C(=O)c3csc(CN)n3)C2)c1.Cl.Cl. The monoisotopic (exact) mass is 377 g/mol. The van der Waals surface area contributed by atoms with Crippen molar-refractivity contribution in [3.05, 3.63) is 34.0 Å². The Balaban J connectivity index is 0.00000132. The van der Waals surface area contributed by atoms with Crippen molar-refractivity contribution in [2.24, 2.45) is 5.73 Å². The van der Waals surface area contributed by atoms with Crippen LogP contribution < -0.4 is 5.73 Å². The van der Waals surface area contributed by atoms with E-state index < -0.39 is 0 Å². The first kappa shape index (κ1) is 19.9.